The topological polar surface area (TPSA) is 87.7 Å². The zero-order chi connectivity index (χ0) is 20.6. The molecule has 0 bridgehead atoms. The third-order valence-electron chi connectivity index (χ3n) is 2.85. The Kier molecular flexibility index (Phi) is 15.3. The maximum Gasteiger partial charge on any atom is 0.407 e. The van der Waals surface area contributed by atoms with Crippen LogP contribution in [-0.2, 0) is 9.53 Å². The number of carbonyl (C=O) groups excluding carboxylic acids is 1. The largest absolute Gasteiger partial charge is 0.480 e. The molecule has 6 heteroatoms. The molecular formula is C20H36N2O4. The van der Waals surface area contributed by atoms with Gasteiger partial charge in [0.2, 0.25) is 0 Å². The third kappa shape index (κ3) is 18.3. The lowest BCUT2D eigenvalue weighted by atomic mass is 10.1. The number of aliphatic carboxylic acids is 1. The Bertz CT molecular complexity index is 487. The van der Waals surface area contributed by atoms with Gasteiger partial charge in [-0.3, -0.25) is 4.79 Å². The predicted molar refractivity (Wildman–Crippen MR) is 106 cm³/mol. The highest BCUT2D eigenvalue weighted by Gasteiger charge is 2.15. The highest BCUT2D eigenvalue weighted by Crippen LogP contribution is 2.06. The average molecular weight is 369 g/mol. The molecule has 1 aliphatic rings. The van der Waals surface area contributed by atoms with Crippen LogP contribution in [0.2, 0.25) is 0 Å². The second-order valence-corrected chi connectivity index (χ2v) is 6.58. The van der Waals surface area contributed by atoms with E-state index >= 15 is 0 Å². The Hall–Kier alpha value is -2.04. The fourth-order valence-electron chi connectivity index (χ4n) is 1.56. The zero-order valence-corrected chi connectivity index (χ0v) is 17.3. The first kappa shape index (κ1) is 26.2. The summed E-state index contributed by atoms with van der Waals surface area (Å²) in [6.07, 6.45) is 8.89. The monoisotopic (exact) mass is 368 g/mol. The summed E-state index contributed by atoms with van der Waals surface area (Å²) in [4.78, 5) is 21.6. The van der Waals surface area contributed by atoms with E-state index in [2.05, 4.69) is 35.4 Å². The van der Waals surface area contributed by atoms with Crippen molar-refractivity contribution in [2.24, 2.45) is 5.92 Å². The van der Waals surface area contributed by atoms with Crippen LogP contribution in [-0.4, -0.2) is 41.9 Å². The summed E-state index contributed by atoms with van der Waals surface area (Å²) in [6, 6.07) is -0.625. The number of alkyl carbamates (subject to hydrolysis) is 1. The Morgan fingerprint density at radius 2 is 1.92 bits per heavy atom. The molecule has 26 heavy (non-hydrogen) atoms. The SMILES string of the molecule is CC.CC(NCCNC(=O)OC(C)(C)C)C(=O)O.C[C@@H]1C=CC=C=CC1. The van der Waals surface area contributed by atoms with Crippen LogP contribution in [0.1, 0.15) is 54.9 Å². The number of carboxylic acids is 1. The molecule has 3 N–H and O–H groups in total. The molecule has 1 rings (SSSR count). The molecule has 2 atom stereocenters. The van der Waals surface area contributed by atoms with E-state index in [-0.39, 0.29) is 0 Å². The predicted octanol–water partition coefficient (Wildman–Crippen LogP) is 3.89. The van der Waals surface area contributed by atoms with E-state index in [0.717, 1.165) is 6.42 Å². The van der Waals surface area contributed by atoms with Gasteiger partial charge in [0.25, 0.3) is 0 Å². The summed E-state index contributed by atoms with van der Waals surface area (Å²) < 4.78 is 5.00. The van der Waals surface area contributed by atoms with Gasteiger partial charge < -0.3 is 20.5 Å². The molecular weight excluding hydrogens is 332 g/mol. The second-order valence-electron chi connectivity index (χ2n) is 6.58. The van der Waals surface area contributed by atoms with E-state index in [1.54, 1.807) is 20.8 Å². The lowest BCUT2D eigenvalue weighted by Crippen LogP contribution is -2.40. The Morgan fingerprint density at radius 3 is 2.46 bits per heavy atom. The zero-order valence-electron chi connectivity index (χ0n) is 17.3. The van der Waals surface area contributed by atoms with Gasteiger partial charge in [-0.25, -0.2) is 4.79 Å². The molecule has 0 aromatic carbocycles. The quantitative estimate of drug-likeness (QED) is 0.506. The minimum absolute atomic E-state index is 0.326. The normalized spacial score (nSPS) is 16.2. The first-order valence-electron chi connectivity index (χ1n) is 9.12. The molecule has 0 spiro atoms. The number of carbonyl (C=O) groups is 2. The van der Waals surface area contributed by atoms with Crippen LogP contribution in [0, 0.1) is 5.92 Å². The van der Waals surface area contributed by atoms with Crippen LogP contribution in [0.25, 0.3) is 0 Å². The van der Waals surface area contributed by atoms with Crippen molar-refractivity contribution >= 4 is 12.1 Å². The lowest BCUT2D eigenvalue weighted by molar-refractivity contribution is -0.138. The van der Waals surface area contributed by atoms with Crippen LogP contribution in [0.5, 0.6) is 0 Å². The van der Waals surface area contributed by atoms with Gasteiger partial charge in [0, 0.05) is 13.1 Å². The van der Waals surface area contributed by atoms with E-state index in [1.165, 1.54) is 6.92 Å². The summed E-state index contributed by atoms with van der Waals surface area (Å²) in [5.41, 5.74) is 2.52. The van der Waals surface area contributed by atoms with Crippen LogP contribution in [0.15, 0.2) is 30.0 Å². The molecule has 0 aromatic heterocycles. The van der Waals surface area contributed by atoms with Crippen LogP contribution in [0.4, 0.5) is 4.79 Å². The molecule has 0 heterocycles. The lowest BCUT2D eigenvalue weighted by Gasteiger charge is -2.19. The standard InChI is InChI=1S/C10H20N2O4.C8H10.C2H6/c1-7(8(13)14)11-5-6-12-9(15)16-10(2,3)4;1-8-6-4-2-3-5-7-8;1-2/h7,11H,5-6H2,1-4H3,(H,12,15)(H,13,14);2,4-6,8H,7H2,1H3;1-2H3/t;8-;/m.1./s1. The average Bonchev–Trinajstić information content (AvgIpc) is 2.79. The maximum absolute atomic E-state index is 11.2. The molecule has 1 aliphatic carbocycles. The van der Waals surface area contributed by atoms with Gasteiger partial charge in [-0.15, -0.1) is 5.73 Å². The van der Waals surface area contributed by atoms with E-state index < -0.39 is 23.7 Å². The first-order chi connectivity index (χ1) is 12.1. The number of rotatable bonds is 5. The van der Waals surface area contributed by atoms with Crippen LogP contribution < -0.4 is 10.6 Å². The minimum Gasteiger partial charge on any atom is -0.480 e. The van der Waals surface area contributed by atoms with Crippen molar-refractivity contribution < 1.29 is 19.4 Å². The van der Waals surface area contributed by atoms with E-state index in [4.69, 9.17) is 9.84 Å². The molecule has 0 saturated heterocycles. The summed E-state index contributed by atoms with van der Waals surface area (Å²) in [5, 5.41) is 13.8. The second kappa shape index (κ2) is 15.2. The molecule has 1 amide bonds. The number of amides is 1. The Balaban J connectivity index is 0. The molecule has 0 saturated carbocycles. The highest BCUT2D eigenvalue weighted by molar-refractivity contribution is 5.72. The van der Waals surface area contributed by atoms with E-state index in [1.807, 2.05) is 26.0 Å². The van der Waals surface area contributed by atoms with Crippen LogP contribution in [0.3, 0.4) is 0 Å². The van der Waals surface area contributed by atoms with Gasteiger partial charge in [0.15, 0.2) is 0 Å². The molecule has 0 aliphatic heterocycles. The van der Waals surface area contributed by atoms with Crippen molar-refractivity contribution in [2.45, 2.75) is 66.5 Å². The Labute approximate surface area is 158 Å². The molecule has 150 valence electrons. The highest BCUT2D eigenvalue weighted by atomic mass is 16.6. The third-order valence-corrected chi connectivity index (χ3v) is 2.85. The van der Waals surface area contributed by atoms with Gasteiger partial charge in [-0.05, 0) is 52.2 Å². The minimum atomic E-state index is -0.919. The number of hydrogen-bond acceptors (Lipinski definition) is 4. The van der Waals surface area contributed by atoms with Crippen molar-refractivity contribution in [3.05, 3.63) is 30.0 Å². The summed E-state index contributed by atoms with van der Waals surface area (Å²) >= 11 is 0. The number of allylic oxidation sites excluding steroid dienone is 3. The fourth-order valence-corrected chi connectivity index (χ4v) is 1.56. The maximum atomic E-state index is 11.2. The number of ether oxygens (including phenoxy) is 1. The van der Waals surface area contributed by atoms with Gasteiger partial charge in [-0.1, -0.05) is 32.9 Å². The van der Waals surface area contributed by atoms with E-state index in [0.29, 0.717) is 19.0 Å². The smallest absolute Gasteiger partial charge is 0.407 e. The molecule has 0 fully saturated rings. The van der Waals surface area contributed by atoms with Gasteiger partial charge in [-0.2, -0.15) is 0 Å². The van der Waals surface area contributed by atoms with Crippen molar-refractivity contribution in [3.63, 3.8) is 0 Å². The van der Waals surface area contributed by atoms with Crippen molar-refractivity contribution in [3.8, 4) is 0 Å². The van der Waals surface area contributed by atoms with Crippen molar-refractivity contribution in [1.82, 2.24) is 10.6 Å². The summed E-state index contributed by atoms with van der Waals surface area (Å²) in [7, 11) is 0. The summed E-state index contributed by atoms with van der Waals surface area (Å²) in [6.45, 7) is 13.8. The van der Waals surface area contributed by atoms with Gasteiger partial charge >= 0.3 is 12.1 Å². The fraction of sp³-hybridized carbons (Fsp3) is 0.650. The first-order valence-corrected chi connectivity index (χ1v) is 9.12. The van der Waals surface area contributed by atoms with Gasteiger partial charge in [0.1, 0.15) is 11.6 Å². The number of carboxylic acid groups (broad SMARTS) is 1. The van der Waals surface area contributed by atoms with Gasteiger partial charge in [0.05, 0.1) is 0 Å². The Morgan fingerprint density at radius 1 is 1.31 bits per heavy atom. The number of hydrogen-bond donors (Lipinski definition) is 3. The number of nitrogens with one attached hydrogen (secondary N) is 2. The van der Waals surface area contributed by atoms with Crippen LogP contribution >= 0.6 is 0 Å². The molecule has 6 nitrogen and oxygen atoms in total. The molecule has 0 radical (unpaired) electrons. The van der Waals surface area contributed by atoms with E-state index in [9.17, 15) is 9.59 Å². The molecule has 1 unspecified atom stereocenters. The summed E-state index contributed by atoms with van der Waals surface area (Å²) in [5.74, 6) is -0.224. The molecule has 0 aromatic rings. The van der Waals surface area contributed by atoms with Crippen molar-refractivity contribution in [2.75, 3.05) is 13.1 Å². The van der Waals surface area contributed by atoms with Crippen molar-refractivity contribution in [1.29, 1.82) is 0 Å².